The molecule has 0 aliphatic heterocycles. The van der Waals surface area contributed by atoms with Gasteiger partial charge in [-0.2, -0.15) is 0 Å². The van der Waals surface area contributed by atoms with E-state index >= 15 is 0 Å². The summed E-state index contributed by atoms with van der Waals surface area (Å²) >= 11 is 0. The number of rotatable bonds is 54. The third-order valence-electron chi connectivity index (χ3n) is 13.1. The van der Waals surface area contributed by atoms with E-state index < -0.39 is 6.10 Å². The molecule has 0 spiro atoms. The zero-order valence-corrected chi connectivity index (χ0v) is 44.9. The molecule has 0 radical (unpaired) electrons. The van der Waals surface area contributed by atoms with Crippen LogP contribution >= 0.6 is 0 Å². The highest BCUT2D eigenvalue weighted by Gasteiger charge is 2.19. The predicted molar refractivity (Wildman–Crippen MR) is 289 cm³/mol. The summed E-state index contributed by atoms with van der Waals surface area (Å²) in [7, 11) is 0. The van der Waals surface area contributed by atoms with Gasteiger partial charge in [-0.3, -0.25) is 14.4 Å². The second-order valence-electron chi connectivity index (χ2n) is 19.9. The van der Waals surface area contributed by atoms with Gasteiger partial charge in [0, 0.05) is 19.3 Å². The molecule has 6 nitrogen and oxygen atoms in total. The van der Waals surface area contributed by atoms with Gasteiger partial charge in [-0.15, -0.1) is 0 Å². The molecule has 0 fully saturated rings. The fourth-order valence-corrected chi connectivity index (χ4v) is 8.65. The molecule has 0 rings (SSSR count). The van der Waals surface area contributed by atoms with Crippen molar-refractivity contribution in [1.29, 1.82) is 0 Å². The van der Waals surface area contributed by atoms with Crippen molar-refractivity contribution in [2.75, 3.05) is 13.2 Å². The van der Waals surface area contributed by atoms with Crippen molar-refractivity contribution in [3.8, 4) is 0 Å². The summed E-state index contributed by atoms with van der Waals surface area (Å²) in [6.45, 7) is 6.58. The monoisotopic (exact) mass is 941 g/mol. The van der Waals surface area contributed by atoms with Gasteiger partial charge < -0.3 is 14.2 Å². The molecule has 0 heterocycles. The van der Waals surface area contributed by atoms with Crippen LogP contribution in [0.1, 0.15) is 316 Å². The van der Waals surface area contributed by atoms with Crippen molar-refractivity contribution < 1.29 is 28.6 Å². The lowest BCUT2D eigenvalue weighted by molar-refractivity contribution is -0.167. The number of allylic oxidation sites excluding steroid dienone is 6. The van der Waals surface area contributed by atoms with Gasteiger partial charge >= 0.3 is 17.9 Å². The Morgan fingerprint density at radius 3 is 0.836 bits per heavy atom. The standard InChI is InChI=1S/C61H112O6/c1-4-7-10-13-15-17-19-21-23-25-27-29-30-32-33-35-37-39-41-43-45-48-51-54-60(63)66-57-58(56-65-59(62)53-50-47-12-9-6-3)67-61(64)55-52-49-46-44-42-40-38-36-34-31-28-26-24-22-20-18-16-14-11-8-5-2/h19,21,25-28,58H,4-18,20,22-24,29-57H2,1-3H3/b21-19-,27-25-,28-26-. The summed E-state index contributed by atoms with van der Waals surface area (Å²) in [6, 6.07) is 0. The average molecular weight is 942 g/mol. The second kappa shape index (κ2) is 56.2. The molecule has 0 saturated heterocycles. The van der Waals surface area contributed by atoms with Crippen LogP contribution in [0.15, 0.2) is 36.5 Å². The lowest BCUT2D eigenvalue weighted by atomic mass is 10.0. The number of carbonyl (C=O) groups is 3. The first kappa shape index (κ1) is 64.6. The summed E-state index contributed by atoms with van der Waals surface area (Å²) in [6.07, 6.45) is 67.6. The Labute approximate surface area is 416 Å². The molecule has 392 valence electrons. The van der Waals surface area contributed by atoms with E-state index in [4.69, 9.17) is 14.2 Å². The third kappa shape index (κ3) is 54.4. The van der Waals surface area contributed by atoms with Gasteiger partial charge in [-0.05, 0) is 77.0 Å². The number of ether oxygens (including phenoxy) is 3. The average Bonchev–Trinajstić information content (AvgIpc) is 3.33. The molecule has 0 aromatic carbocycles. The van der Waals surface area contributed by atoms with Crippen molar-refractivity contribution >= 4 is 17.9 Å². The summed E-state index contributed by atoms with van der Waals surface area (Å²) in [5.41, 5.74) is 0. The predicted octanol–water partition coefficient (Wildman–Crippen LogP) is 19.7. The first-order chi connectivity index (χ1) is 33.0. The highest BCUT2D eigenvalue weighted by atomic mass is 16.6. The second-order valence-corrected chi connectivity index (χ2v) is 19.9. The topological polar surface area (TPSA) is 78.9 Å². The van der Waals surface area contributed by atoms with Crippen LogP contribution in [0.5, 0.6) is 0 Å². The maximum absolute atomic E-state index is 12.8. The fourth-order valence-electron chi connectivity index (χ4n) is 8.65. The van der Waals surface area contributed by atoms with Crippen molar-refractivity contribution in [3.63, 3.8) is 0 Å². The molecule has 0 aromatic rings. The quantitative estimate of drug-likeness (QED) is 0.0262. The lowest BCUT2D eigenvalue weighted by Gasteiger charge is -2.18. The Kier molecular flexibility index (Phi) is 54.2. The van der Waals surface area contributed by atoms with E-state index in [1.165, 1.54) is 205 Å². The van der Waals surface area contributed by atoms with E-state index in [2.05, 4.69) is 57.2 Å². The van der Waals surface area contributed by atoms with Crippen molar-refractivity contribution in [2.24, 2.45) is 0 Å². The van der Waals surface area contributed by atoms with Crippen LogP contribution in [0.25, 0.3) is 0 Å². The van der Waals surface area contributed by atoms with E-state index in [9.17, 15) is 14.4 Å². The Balaban J connectivity index is 4.06. The molecule has 0 aliphatic carbocycles. The number of hydrogen-bond acceptors (Lipinski definition) is 6. The molecule has 0 bridgehead atoms. The minimum Gasteiger partial charge on any atom is -0.462 e. The van der Waals surface area contributed by atoms with E-state index in [0.29, 0.717) is 19.3 Å². The molecular weight excluding hydrogens is 829 g/mol. The minimum atomic E-state index is -0.769. The Morgan fingerprint density at radius 2 is 0.537 bits per heavy atom. The van der Waals surface area contributed by atoms with E-state index in [1.54, 1.807) is 0 Å². The molecule has 0 amide bonds. The van der Waals surface area contributed by atoms with Gasteiger partial charge in [-0.25, -0.2) is 0 Å². The number of hydrogen-bond donors (Lipinski definition) is 0. The highest BCUT2D eigenvalue weighted by molar-refractivity contribution is 5.71. The molecular formula is C61H112O6. The Hall–Kier alpha value is -2.37. The maximum Gasteiger partial charge on any atom is 0.306 e. The van der Waals surface area contributed by atoms with Gasteiger partial charge in [0.05, 0.1) is 0 Å². The number of carbonyl (C=O) groups excluding carboxylic acids is 3. The lowest BCUT2D eigenvalue weighted by Crippen LogP contribution is -2.30. The molecule has 0 aromatic heterocycles. The van der Waals surface area contributed by atoms with Gasteiger partial charge in [-0.1, -0.05) is 256 Å². The highest BCUT2D eigenvalue weighted by Crippen LogP contribution is 2.16. The van der Waals surface area contributed by atoms with Gasteiger partial charge in [0.15, 0.2) is 6.10 Å². The molecule has 67 heavy (non-hydrogen) atoms. The first-order valence-electron chi connectivity index (χ1n) is 29.5. The molecule has 0 aliphatic rings. The van der Waals surface area contributed by atoms with E-state index in [1.807, 2.05) is 0 Å². The van der Waals surface area contributed by atoms with E-state index in [-0.39, 0.29) is 31.1 Å². The van der Waals surface area contributed by atoms with Crippen LogP contribution in [0, 0.1) is 0 Å². The van der Waals surface area contributed by atoms with Crippen LogP contribution in [0.2, 0.25) is 0 Å². The van der Waals surface area contributed by atoms with Gasteiger partial charge in [0.1, 0.15) is 13.2 Å². The number of unbranched alkanes of at least 4 members (excludes halogenated alkanes) is 37. The van der Waals surface area contributed by atoms with Crippen LogP contribution < -0.4 is 0 Å². The number of esters is 3. The molecule has 0 N–H and O–H groups in total. The molecule has 1 unspecified atom stereocenters. The minimum absolute atomic E-state index is 0.0718. The normalized spacial score (nSPS) is 12.2. The molecule has 1 atom stereocenters. The van der Waals surface area contributed by atoms with Gasteiger partial charge in [0.2, 0.25) is 0 Å². The fraction of sp³-hybridized carbons (Fsp3) is 0.852. The largest absolute Gasteiger partial charge is 0.462 e. The van der Waals surface area contributed by atoms with E-state index in [0.717, 1.165) is 70.6 Å². The van der Waals surface area contributed by atoms with Crippen LogP contribution in [0.4, 0.5) is 0 Å². The molecule has 6 heteroatoms. The van der Waals surface area contributed by atoms with Crippen LogP contribution in [-0.4, -0.2) is 37.2 Å². The third-order valence-corrected chi connectivity index (χ3v) is 13.1. The van der Waals surface area contributed by atoms with Crippen molar-refractivity contribution in [2.45, 2.75) is 322 Å². The zero-order valence-electron chi connectivity index (χ0n) is 44.9. The first-order valence-corrected chi connectivity index (χ1v) is 29.5. The Bertz CT molecular complexity index is 1130. The van der Waals surface area contributed by atoms with Gasteiger partial charge in [0.25, 0.3) is 0 Å². The van der Waals surface area contributed by atoms with Crippen LogP contribution in [0.3, 0.4) is 0 Å². The smallest absolute Gasteiger partial charge is 0.306 e. The maximum atomic E-state index is 12.8. The summed E-state index contributed by atoms with van der Waals surface area (Å²) < 4.78 is 16.7. The zero-order chi connectivity index (χ0) is 48.6. The summed E-state index contributed by atoms with van der Waals surface area (Å²) in [5, 5.41) is 0. The Morgan fingerprint density at radius 1 is 0.299 bits per heavy atom. The molecule has 0 saturated carbocycles. The van der Waals surface area contributed by atoms with Crippen LogP contribution in [-0.2, 0) is 28.6 Å². The van der Waals surface area contributed by atoms with Crippen molar-refractivity contribution in [3.05, 3.63) is 36.5 Å². The van der Waals surface area contributed by atoms with Crippen molar-refractivity contribution in [1.82, 2.24) is 0 Å². The SMILES string of the molecule is CCCCCCC/C=C\C/C=C\CCCCCCCCCCCCCC(=O)OCC(COC(=O)CCCCCCC)OC(=O)CCCCCCCCCCC/C=C\CCCCCCCCCC. The summed E-state index contributed by atoms with van der Waals surface area (Å²) in [5.74, 6) is -0.875. The summed E-state index contributed by atoms with van der Waals surface area (Å²) in [4.78, 5) is 37.8.